The second-order valence-electron chi connectivity index (χ2n) is 3.83. The molecule has 0 bridgehead atoms. The SMILES string of the molecule is CCOC(C)(CC)C(NN)c1cnccn1. The highest BCUT2D eigenvalue weighted by Crippen LogP contribution is 2.30. The second-order valence-corrected chi connectivity index (χ2v) is 3.83. The molecule has 0 aliphatic rings. The maximum atomic E-state index is 5.78. The van der Waals surface area contributed by atoms with E-state index in [1.54, 1.807) is 18.6 Å². The van der Waals surface area contributed by atoms with Crippen LogP contribution in [0.4, 0.5) is 0 Å². The van der Waals surface area contributed by atoms with Gasteiger partial charge in [0.1, 0.15) is 0 Å². The molecule has 0 radical (unpaired) electrons. The van der Waals surface area contributed by atoms with Gasteiger partial charge in [-0.25, -0.2) is 5.43 Å². The highest BCUT2D eigenvalue weighted by atomic mass is 16.5. The van der Waals surface area contributed by atoms with Crippen LogP contribution in [0.1, 0.15) is 38.9 Å². The molecule has 1 aromatic rings. The molecule has 0 saturated carbocycles. The highest BCUT2D eigenvalue weighted by molar-refractivity contribution is 5.08. The van der Waals surface area contributed by atoms with Crippen LogP contribution in [0.5, 0.6) is 0 Å². The Morgan fingerprint density at radius 1 is 1.50 bits per heavy atom. The molecule has 3 N–H and O–H groups in total. The Bertz CT molecular complexity index is 306. The molecule has 5 nitrogen and oxygen atoms in total. The number of hydrogen-bond acceptors (Lipinski definition) is 5. The minimum atomic E-state index is -0.375. The summed E-state index contributed by atoms with van der Waals surface area (Å²) in [5, 5.41) is 0. The van der Waals surface area contributed by atoms with Gasteiger partial charge in [0.2, 0.25) is 0 Å². The van der Waals surface area contributed by atoms with E-state index in [1.165, 1.54) is 0 Å². The Kier molecular flexibility index (Phi) is 4.79. The van der Waals surface area contributed by atoms with Gasteiger partial charge in [-0.15, -0.1) is 0 Å². The third-order valence-corrected chi connectivity index (χ3v) is 2.83. The predicted molar refractivity (Wildman–Crippen MR) is 62.4 cm³/mol. The Hall–Kier alpha value is -1.04. The summed E-state index contributed by atoms with van der Waals surface area (Å²) >= 11 is 0. The summed E-state index contributed by atoms with van der Waals surface area (Å²) < 4.78 is 5.78. The van der Waals surface area contributed by atoms with Crippen molar-refractivity contribution in [2.24, 2.45) is 5.84 Å². The van der Waals surface area contributed by atoms with E-state index in [9.17, 15) is 0 Å². The Balaban J connectivity index is 2.96. The number of ether oxygens (including phenoxy) is 1. The molecule has 1 heterocycles. The topological polar surface area (TPSA) is 73.1 Å². The molecule has 0 saturated heterocycles. The van der Waals surface area contributed by atoms with E-state index in [0.29, 0.717) is 6.61 Å². The number of aromatic nitrogens is 2. The van der Waals surface area contributed by atoms with Crippen molar-refractivity contribution in [2.75, 3.05) is 6.61 Å². The van der Waals surface area contributed by atoms with E-state index < -0.39 is 0 Å². The first kappa shape index (κ1) is 13.0. The fourth-order valence-electron chi connectivity index (χ4n) is 1.75. The lowest BCUT2D eigenvalue weighted by molar-refractivity contribution is -0.0574. The van der Waals surface area contributed by atoms with E-state index in [0.717, 1.165) is 12.1 Å². The first-order valence-electron chi connectivity index (χ1n) is 5.54. The van der Waals surface area contributed by atoms with Crippen LogP contribution in [0.25, 0.3) is 0 Å². The Labute approximate surface area is 96.4 Å². The second kappa shape index (κ2) is 5.89. The lowest BCUT2D eigenvalue weighted by Gasteiger charge is -2.35. The zero-order valence-electron chi connectivity index (χ0n) is 10.1. The first-order valence-corrected chi connectivity index (χ1v) is 5.54. The molecule has 0 aromatic carbocycles. The van der Waals surface area contributed by atoms with Gasteiger partial charge in [0.15, 0.2) is 0 Å². The quantitative estimate of drug-likeness (QED) is 0.561. The van der Waals surface area contributed by atoms with Gasteiger partial charge in [-0.1, -0.05) is 6.92 Å². The summed E-state index contributed by atoms with van der Waals surface area (Å²) in [4.78, 5) is 8.31. The van der Waals surface area contributed by atoms with Crippen molar-refractivity contribution < 1.29 is 4.74 Å². The van der Waals surface area contributed by atoms with Gasteiger partial charge in [0, 0.05) is 19.0 Å². The molecule has 0 spiro atoms. The van der Waals surface area contributed by atoms with Gasteiger partial charge >= 0.3 is 0 Å². The molecule has 0 aliphatic carbocycles. The summed E-state index contributed by atoms with van der Waals surface area (Å²) in [6, 6.07) is -0.161. The molecule has 0 amide bonds. The van der Waals surface area contributed by atoms with Crippen molar-refractivity contribution in [3.05, 3.63) is 24.3 Å². The number of nitrogens with one attached hydrogen (secondary N) is 1. The minimum absolute atomic E-state index is 0.161. The van der Waals surface area contributed by atoms with Crippen LogP contribution < -0.4 is 11.3 Å². The zero-order chi connectivity index (χ0) is 12.0. The van der Waals surface area contributed by atoms with E-state index in [4.69, 9.17) is 10.6 Å². The fourth-order valence-corrected chi connectivity index (χ4v) is 1.75. The van der Waals surface area contributed by atoms with Crippen LogP contribution in [-0.4, -0.2) is 22.2 Å². The number of hydrazine groups is 1. The molecule has 5 heteroatoms. The maximum absolute atomic E-state index is 5.78. The predicted octanol–water partition coefficient (Wildman–Crippen LogP) is 1.19. The average molecular weight is 224 g/mol. The lowest BCUT2D eigenvalue weighted by atomic mass is 9.91. The molecular formula is C11H20N4O. The van der Waals surface area contributed by atoms with Crippen LogP contribution in [-0.2, 0) is 4.74 Å². The zero-order valence-corrected chi connectivity index (χ0v) is 10.1. The van der Waals surface area contributed by atoms with Gasteiger partial charge in [0.05, 0.1) is 23.5 Å². The number of nitrogens with two attached hydrogens (primary N) is 1. The van der Waals surface area contributed by atoms with Gasteiger partial charge in [0.25, 0.3) is 0 Å². The normalized spacial score (nSPS) is 16.8. The van der Waals surface area contributed by atoms with Crippen LogP contribution in [0, 0.1) is 0 Å². The summed E-state index contributed by atoms with van der Waals surface area (Å²) in [6.45, 7) is 6.70. The molecule has 1 aromatic heterocycles. The van der Waals surface area contributed by atoms with Crippen molar-refractivity contribution in [2.45, 2.75) is 38.8 Å². The number of nitrogens with zero attached hydrogens (tertiary/aromatic N) is 2. The molecule has 0 aliphatic heterocycles. The maximum Gasteiger partial charge on any atom is 0.0934 e. The molecule has 1 rings (SSSR count). The van der Waals surface area contributed by atoms with Gasteiger partial charge in [-0.2, -0.15) is 0 Å². The highest BCUT2D eigenvalue weighted by Gasteiger charge is 2.34. The van der Waals surface area contributed by atoms with E-state index >= 15 is 0 Å². The van der Waals surface area contributed by atoms with Gasteiger partial charge in [-0.05, 0) is 20.3 Å². The van der Waals surface area contributed by atoms with Crippen molar-refractivity contribution in [1.82, 2.24) is 15.4 Å². The molecule has 16 heavy (non-hydrogen) atoms. The molecule has 2 atom stereocenters. The van der Waals surface area contributed by atoms with E-state index in [-0.39, 0.29) is 11.6 Å². The van der Waals surface area contributed by atoms with Crippen LogP contribution >= 0.6 is 0 Å². The smallest absolute Gasteiger partial charge is 0.0934 e. The number of rotatable bonds is 6. The lowest BCUT2D eigenvalue weighted by Crippen LogP contribution is -2.46. The van der Waals surface area contributed by atoms with E-state index in [1.807, 2.05) is 13.8 Å². The average Bonchev–Trinajstić information content (AvgIpc) is 2.31. The third kappa shape index (κ3) is 2.75. The molecule has 2 unspecified atom stereocenters. The molecular weight excluding hydrogens is 204 g/mol. The molecule has 0 fully saturated rings. The summed E-state index contributed by atoms with van der Waals surface area (Å²) in [6.07, 6.45) is 5.84. The van der Waals surface area contributed by atoms with Crippen LogP contribution in [0.2, 0.25) is 0 Å². The summed E-state index contributed by atoms with van der Waals surface area (Å²) in [5.74, 6) is 5.60. The largest absolute Gasteiger partial charge is 0.373 e. The summed E-state index contributed by atoms with van der Waals surface area (Å²) in [5.41, 5.74) is 3.19. The van der Waals surface area contributed by atoms with E-state index in [2.05, 4.69) is 22.3 Å². The van der Waals surface area contributed by atoms with Crippen molar-refractivity contribution in [3.63, 3.8) is 0 Å². The Morgan fingerprint density at radius 3 is 2.69 bits per heavy atom. The first-order chi connectivity index (χ1) is 7.68. The van der Waals surface area contributed by atoms with Crippen LogP contribution in [0.3, 0.4) is 0 Å². The monoisotopic (exact) mass is 224 g/mol. The van der Waals surface area contributed by atoms with Gasteiger partial charge in [-0.3, -0.25) is 15.8 Å². The Morgan fingerprint density at radius 2 is 2.25 bits per heavy atom. The van der Waals surface area contributed by atoms with Crippen molar-refractivity contribution >= 4 is 0 Å². The fraction of sp³-hybridized carbons (Fsp3) is 0.636. The standard InChI is InChI=1S/C11H20N4O/c1-4-11(3,16-5-2)10(15-12)9-8-13-6-7-14-9/h6-8,10,15H,4-5,12H2,1-3H3. The minimum Gasteiger partial charge on any atom is -0.373 e. The third-order valence-electron chi connectivity index (χ3n) is 2.83. The van der Waals surface area contributed by atoms with Crippen LogP contribution in [0.15, 0.2) is 18.6 Å². The van der Waals surface area contributed by atoms with Crippen molar-refractivity contribution in [1.29, 1.82) is 0 Å². The number of hydrogen-bond donors (Lipinski definition) is 2. The van der Waals surface area contributed by atoms with Crippen molar-refractivity contribution in [3.8, 4) is 0 Å². The molecule has 90 valence electrons. The van der Waals surface area contributed by atoms with Gasteiger partial charge < -0.3 is 4.74 Å². The summed E-state index contributed by atoms with van der Waals surface area (Å²) in [7, 11) is 0.